The summed E-state index contributed by atoms with van der Waals surface area (Å²) in [4.78, 5) is 0. The van der Waals surface area contributed by atoms with Crippen molar-refractivity contribution in [1.29, 1.82) is 0 Å². The molecule has 146 valence electrons. The summed E-state index contributed by atoms with van der Waals surface area (Å²) in [5, 5.41) is 5.29. The van der Waals surface area contributed by atoms with Crippen LogP contribution in [-0.2, 0) is 6.54 Å². The fourth-order valence-electron chi connectivity index (χ4n) is 4.15. The smallest absolute Gasteiger partial charge is 0.0534 e. The molecule has 0 radical (unpaired) electrons. The number of hydrogen-bond donors (Lipinski definition) is 1. The van der Waals surface area contributed by atoms with Crippen molar-refractivity contribution in [3.05, 3.63) is 75.9 Å². The second-order valence-corrected chi connectivity index (χ2v) is 8.55. The molecular weight excluding hydrogens is 387 g/mol. The van der Waals surface area contributed by atoms with E-state index in [1.54, 1.807) is 0 Å². The fraction of sp³-hybridized carbons (Fsp3) is 0.333. The minimum Gasteiger partial charge on any atom is -0.314 e. The monoisotopic (exact) mass is 412 g/mol. The summed E-state index contributed by atoms with van der Waals surface area (Å²) in [6.07, 6.45) is 6.66. The highest BCUT2D eigenvalue weighted by Gasteiger charge is 2.17. The molecule has 1 aliphatic rings. The Morgan fingerprint density at radius 1 is 0.893 bits per heavy atom. The maximum atomic E-state index is 6.12. The van der Waals surface area contributed by atoms with Crippen LogP contribution >= 0.6 is 23.2 Å². The third-order valence-corrected chi connectivity index (χ3v) is 6.27. The van der Waals surface area contributed by atoms with Gasteiger partial charge in [0.05, 0.1) is 5.69 Å². The van der Waals surface area contributed by atoms with E-state index in [4.69, 9.17) is 23.2 Å². The van der Waals surface area contributed by atoms with Crippen LogP contribution in [0.2, 0.25) is 10.0 Å². The van der Waals surface area contributed by atoms with E-state index in [1.165, 1.54) is 49.1 Å². The molecule has 1 aromatic heterocycles. The second-order valence-electron chi connectivity index (χ2n) is 7.67. The molecule has 2 aromatic carbocycles. The van der Waals surface area contributed by atoms with Crippen molar-refractivity contribution >= 4 is 23.2 Å². The molecule has 0 atom stereocenters. The summed E-state index contributed by atoms with van der Waals surface area (Å²) in [6, 6.07) is 19.1. The van der Waals surface area contributed by atoms with Crippen LogP contribution in [0.25, 0.3) is 16.9 Å². The Bertz CT molecular complexity index is 920. The lowest BCUT2D eigenvalue weighted by Gasteiger charge is -2.22. The van der Waals surface area contributed by atoms with E-state index in [0.717, 1.165) is 27.8 Å². The van der Waals surface area contributed by atoms with Gasteiger partial charge in [-0.2, -0.15) is 0 Å². The Morgan fingerprint density at radius 3 is 2.14 bits per heavy atom. The van der Waals surface area contributed by atoms with Gasteiger partial charge in [0.25, 0.3) is 0 Å². The third-order valence-electron chi connectivity index (χ3n) is 5.76. The van der Waals surface area contributed by atoms with Gasteiger partial charge in [-0.05, 0) is 73.4 Å². The molecule has 4 heteroatoms. The molecule has 1 N–H and O–H groups in total. The molecule has 0 spiro atoms. The van der Waals surface area contributed by atoms with E-state index in [2.05, 4.69) is 47.1 Å². The maximum absolute atomic E-state index is 6.12. The molecule has 3 aromatic rings. The Balaban J connectivity index is 1.70. The molecule has 0 amide bonds. The van der Waals surface area contributed by atoms with E-state index in [-0.39, 0.29) is 0 Å². The van der Waals surface area contributed by atoms with Crippen molar-refractivity contribution in [2.45, 2.75) is 51.6 Å². The lowest BCUT2D eigenvalue weighted by molar-refractivity contribution is 0.372. The average Bonchev–Trinajstić information content (AvgIpc) is 3.05. The van der Waals surface area contributed by atoms with Crippen molar-refractivity contribution in [1.82, 2.24) is 9.88 Å². The summed E-state index contributed by atoms with van der Waals surface area (Å²) in [7, 11) is 0. The molecule has 1 saturated carbocycles. The summed E-state index contributed by atoms with van der Waals surface area (Å²) in [5.41, 5.74) is 6.06. The first-order valence-electron chi connectivity index (χ1n) is 10.1. The van der Waals surface area contributed by atoms with Crippen molar-refractivity contribution in [3.8, 4) is 16.9 Å². The van der Waals surface area contributed by atoms with Gasteiger partial charge in [-0.15, -0.1) is 0 Å². The lowest BCUT2D eigenvalue weighted by Crippen LogP contribution is -2.30. The van der Waals surface area contributed by atoms with Crippen LogP contribution in [0.4, 0.5) is 0 Å². The van der Waals surface area contributed by atoms with Gasteiger partial charge in [0.2, 0.25) is 0 Å². The minimum atomic E-state index is 0.644. The highest BCUT2D eigenvalue weighted by Crippen LogP contribution is 2.31. The normalized spacial score (nSPS) is 15.1. The summed E-state index contributed by atoms with van der Waals surface area (Å²) >= 11 is 12.2. The van der Waals surface area contributed by atoms with Crippen LogP contribution in [-0.4, -0.2) is 10.6 Å². The first-order valence-corrected chi connectivity index (χ1v) is 10.8. The van der Waals surface area contributed by atoms with E-state index >= 15 is 0 Å². The number of halogens is 2. The van der Waals surface area contributed by atoms with Gasteiger partial charge in [-0.25, -0.2) is 0 Å². The molecule has 2 nitrogen and oxygen atoms in total. The minimum absolute atomic E-state index is 0.644. The van der Waals surface area contributed by atoms with Gasteiger partial charge in [-0.3, -0.25) is 0 Å². The predicted octanol–water partition coefficient (Wildman–Crippen LogP) is 7.18. The lowest BCUT2D eigenvalue weighted by atomic mass is 9.95. The van der Waals surface area contributed by atoms with Crippen molar-refractivity contribution in [2.75, 3.05) is 0 Å². The Hall–Kier alpha value is -1.74. The van der Waals surface area contributed by atoms with Crippen molar-refractivity contribution < 1.29 is 0 Å². The molecule has 1 aliphatic carbocycles. The number of benzene rings is 2. The zero-order chi connectivity index (χ0) is 19.5. The highest BCUT2D eigenvalue weighted by atomic mass is 35.5. The molecular formula is C24H26Cl2N2. The van der Waals surface area contributed by atoms with E-state index in [1.807, 2.05) is 24.3 Å². The number of nitrogens with one attached hydrogen (secondary N) is 1. The van der Waals surface area contributed by atoms with E-state index in [0.29, 0.717) is 6.04 Å². The first-order chi connectivity index (χ1) is 13.6. The highest BCUT2D eigenvalue weighted by molar-refractivity contribution is 6.30. The van der Waals surface area contributed by atoms with Crippen LogP contribution in [0, 0.1) is 6.92 Å². The van der Waals surface area contributed by atoms with Gasteiger partial charge < -0.3 is 9.88 Å². The van der Waals surface area contributed by atoms with E-state index < -0.39 is 0 Å². The molecule has 0 unspecified atom stereocenters. The zero-order valence-corrected chi connectivity index (χ0v) is 17.7. The summed E-state index contributed by atoms with van der Waals surface area (Å²) in [5.74, 6) is 0. The third kappa shape index (κ3) is 4.30. The van der Waals surface area contributed by atoms with Gasteiger partial charge in [0.1, 0.15) is 0 Å². The number of hydrogen-bond acceptors (Lipinski definition) is 1. The van der Waals surface area contributed by atoms with Gasteiger partial charge in [-0.1, -0.05) is 54.6 Å². The Kier molecular flexibility index (Phi) is 6.10. The number of aromatic nitrogens is 1. The standard InChI is InChI=1S/C24H26Cl2N2/c1-17-19(16-27-22-5-3-2-4-6-22)15-24(18-7-9-20(25)10-8-18)28(17)23-13-11-21(26)12-14-23/h7-15,22,27H,2-6,16H2,1H3. The van der Waals surface area contributed by atoms with Crippen LogP contribution in [0.15, 0.2) is 54.6 Å². The SMILES string of the molecule is Cc1c(CNC2CCCCC2)cc(-c2ccc(Cl)cc2)n1-c1ccc(Cl)cc1. The topological polar surface area (TPSA) is 17.0 Å². The largest absolute Gasteiger partial charge is 0.314 e. The summed E-state index contributed by atoms with van der Waals surface area (Å²) < 4.78 is 2.32. The molecule has 28 heavy (non-hydrogen) atoms. The molecule has 1 fully saturated rings. The average molecular weight is 413 g/mol. The van der Waals surface area contributed by atoms with Crippen LogP contribution in [0.3, 0.4) is 0 Å². The quantitative estimate of drug-likeness (QED) is 0.469. The van der Waals surface area contributed by atoms with Crippen LogP contribution in [0.1, 0.15) is 43.4 Å². The number of nitrogens with zero attached hydrogens (tertiary/aromatic N) is 1. The second kappa shape index (κ2) is 8.73. The summed E-state index contributed by atoms with van der Waals surface area (Å²) in [6.45, 7) is 3.10. The Morgan fingerprint density at radius 2 is 1.50 bits per heavy atom. The molecule has 0 saturated heterocycles. The maximum Gasteiger partial charge on any atom is 0.0534 e. The first kappa shape index (κ1) is 19.6. The van der Waals surface area contributed by atoms with Crippen molar-refractivity contribution in [2.24, 2.45) is 0 Å². The van der Waals surface area contributed by atoms with Crippen LogP contribution in [0.5, 0.6) is 0 Å². The van der Waals surface area contributed by atoms with Gasteiger partial charge in [0, 0.05) is 34.0 Å². The van der Waals surface area contributed by atoms with E-state index in [9.17, 15) is 0 Å². The molecule has 1 heterocycles. The number of rotatable bonds is 5. The van der Waals surface area contributed by atoms with Gasteiger partial charge >= 0.3 is 0 Å². The van der Waals surface area contributed by atoms with Crippen molar-refractivity contribution in [3.63, 3.8) is 0 Å². The molecule has 0 aliphatic heterocycles. The Labute approximate surface area is 177 Å². The molecule has 0 bridgehead atoms. The van der Waals surface area contributed by atoms with Crippen LogP contribution < -0.4 is 5.32 Å². The predicted molar refractivity (Wildman–Crippen MR) is 120 cm³/mol. The molecule has 4 rings (SSSR count). The van der Waals surface area contributed by atoms with Gasteiger partial charge in [0.15, 0.2) is 0 Å². The zero-order valence-electron chi connectivity index (χ0n) is 16.2. The fourth-order valence-corrected chi connectivity index (χ4v) is 4.41.